The first-order valence-corrected chi connectivity index (χ1v) is 8.50. The van der Waals surface area contributed by atoms with Crippen LogP contribution in [0.15, 0.2) is 59.7 Å². The second kappa shape index (κ2) is 9.17. The Morgan fingerprint density at radius 3 is 2.07 bits per heavy atom. The van der Waals surface area contributed by atoms with E-state index in [9.17, 15) is 26.7 Å². The van der Waals surface area contributed by atoms with Crippen molar-refractivity contribution in [1.29, 1.82) is 0 Å². The van der Waals surface area contributed by atoms with Gasteiger partial charge >= 0.3 is 0 Å². The van der Waals surface area contributed by atoms with Crippen LogP contribution in [0.2, 0.25) is 0 Å². The molecule has 154 valence electrons. The Labute approximate surface area is 167 Å². The summed E-state index contributed by atoms with van der Waals surface area (Å²) in [4.78, 5) is 11.9. The fourth-order valence-corrected chi connectivity index (χ4v) is 2.53. The number of nitrogens with zero attached hydrogens (tertiary/aromatic N) is 1. The molecule has 1 N–H and O–H groups in total. The number of rotatable bonds is 6. The molecule has 0 atom stereocenters. The highest BCUT2D eigenvalue weighted by molar-refractivity contribution is 5.83. The minimum Gasteiger partial charge on any atom is -0.483 e. The highest BCUT2D eigenvalue weighted by Crippen LogP contribution is 2.29. The third-order valence-electron chi connectivity index (χ3n) is 3.96. The molecule has 30 heavy (non-hydrogen) atoms. The number of hydrazone groups is 1. The number of nitrogens with one attached hydrogen (secondary N) is 1. The largest absolute Gasteiger partial charge is 0.483 e. The van der Waals surface area contributed by atoms with E-state index in [2.05, 4.69) is 5.10 Å². The summed E-state index contributed by atoms with van der Waals surface area (Å²) in [5.74, 6) is -11.0. The van der Waals surface area contributed by atoms with Crippen LogP contribution in [0, 0.1) is 29.1 Å². The summed E-state index contributed by atoms with van der Waals surface area (Å²) in [6.07, 6.45) is 0.325. The number of carbonyl (C=O) groups is 1. The zero-order valence-corrected chi connectivity index (χ0v) is 15.1. The van der Waals surface area contributed by atoms with Crippen LogP contribution in [-0.4, -0.2) is 18.7 Å². The Kier molecular flexibility index (Phi) is 6.41. The van der Waals surface area contributed by atoms with Crippen molar-refractivity contribution in [2.24, 2.45) is 5.10 Å². The predicted molar refractivity (Wildman–Crippen MR) is 99.3 cm³/mol. The highest BCUT2D eigenvalue weighted by Gasteiger charge is 2.24. The van der Waals surface area contributed by atoms with Crippen LogP contribution in [0.25, 0.3) is 11.1 Å². The Hall–Kier alpha value is -3.75. The van der Waals surface area contributed by atoms with Crippen molar-refractivity contribution in [3.05, 3.63) is 89.2 Å². The van der Waals surface area contributed by atoms with Crippen LogP contribution >= 0.6 is 0 Å². The average Bonchev–Trinajstić information content (AvgIpc) is 2.78. The standard InChI is InChI=1S/C21H13F5N2O2/c22-17-14(18(23)20(25)21(26)19(17)24)10-27-28-16(29)11-30-15-9-5-4-8-13(15)12-6-2-1-3-7-12/h1-10H,11H2,(H,28,29). The van der Waals surface area contributed by atoms with E-state index in [0.717, 1.165) is 11.1 Å². The van der Waals surface area contributed by atoms with Crippen molar-refractivity contribution < 1.29 is 31.5 Å². The van der Waals surface area contributed by atoms with Gasteiger partial charge < -0.3 is 4.74 Å². The zero-order chi connectivity index (χ0) is 21.7. The SMILES string of the molecule is O=C(COc1ccccc1-c1ccccc1)NN=Cc1c(F)c(F)c(F)c(F)c1F. The van der Waals surface area contributed by atoms with Gasteiger partial charge in [-0.25, -0.2) is 27.4 Å². The van der Waals surface area contributed by atoms with Gasteiger partial charge in [0.25, 0.3) is 5.91 Å². The fraction of sp³-hybridized carbons (Fsp3) is 0.0476. The Morgan fingerprint density at radius 1 is 0.833 bits per heavy atom. The first-order valence-electron chi connectivity index (χ1n) is 8.50. The molecule has 3 rings (SSSR count). The molecule has 0 unspecified atom stereocenters. The molecule has 0 fully saturated rings. The van der Waals surface area contributed by atoms with Crippen molar-refractivity contribution in [2.45, 2.75) is 0 Å². The van der Waals surface area contributed by atoms with Gasteiger partial charge in [-0.2, -0.15) is 5.10 Å². The molecule has 0 aliphatic heterocycles. The maximum Gasteiger partial charge on any atom is 0.277 e. The number of carbonyl (C=O) groups excluding carboxylic acids is 1. The lowest BCUT2D eigenvalue weighted by molar-refractivity contribution is -0.123. The van der Waals surface area contributed by atoms with Gasteiger partial charge in [-0.05, 0) is 11.6 Å². The lowest BCUT2D eigenvalue weighted by Crippen LogP contribution is -2.25. The van der Waals surface area contributed by atoms with Gasteiger partial charge in [0.1, 0.15) is 5.75 Å². The third-order valence-corrected chi connectivity index (χ3v) is 3.96. The van der Waals surface area contributed by atoms with Crippen molar-refractivity contribution >= 4 is 12.1 Å². The van der Waals surface area contributed by atoms with Gasteiger partial charge in [-0.3, -0.25) is 4.79 Å². The monoisotopic (exact) mass is 420 g/mol. The molecule has 0 aromatic heterocycles. The highest BCUT2D eigenvalue weighted by atomic mass is 19.2. The maximum absolute atomic E-state index is 13.6. The van der Waals surface area contributed by atoms with E-state index in [4.69, 9.17) is 4.74 Å². The smallest absolute Gasteiger partial charge is 0.277 e. The van der Waals surface area contributed by atoms with Crippen LogP contribution in [0.1, 0.15) is 5.56 Å². The lowest BCUT2D eigenvalue weighted by atomic mass is 10.1. The van der Waals surface area contributed by atoms with E-state index < -0.39 is 47.2 Å². The molecule has 0 spiro atoms. The Bertz CT molecular complexity index is 1080. The summed E-state index contributed by atoms with van der Waals surface area (Å²) in [5, 5.41) is 3.23. The van der Waals surface area contributed by atoms with Gasteiger partial charge in [-0.1, -0.05) is 48.5 Å². The summed E-state index contributed by atoms with van der Waals surface area (Å²) in [7, 11) is 0. The van der Waals surface area contributed by atoms with E-state index in [1.165, 1.54) is 0 Å². The predicted octanol–water partition coefficient (Wildman–Crippen LogP) is 4.58. The molecular formula is C21H13F5N2O2. The number of hydrogen-bond donors (Lipinski definition) is 1. The fourth-order valence-electron chi connectivity index (χ4n) is 2.53. The number of ether oxygens (including phenoxy) is 1. The van der Waals surface area contributed by atoms with Crippen LogP contribution in [0.4, 0.5) is 22.0 Å². The van der Waals surface area contributed by atoms with Crippen LogP contribution < -0.4 is 10.2 Å². The van der Waals surface area contributed by atoms with Crippen LogP contribution in [0.3, 0.4) is 0 Å². The van der Waals surface area contributed by atoms with Gasteiger partial charge in [0.2, 0.25) is 5.82 Å². The molecule has 1 amide bonds. The second-order valence-electron chi connectivity index (χ2n) is 5.93. The number of para-hydroxylation sites is 1. The molecule has 3 aromatic rings. The number of hydrogen-bond acceptors (Lipinski definition) is 3. The van der Waals surface area contributed by atoms with E-state index in [0.29, 0.717) is 12.0 Å². The molecule has 4 nitrogen and oxygen atoms in total. The Morgan fingerprint density at radius 2 is 1.40 bits per heavy atom. The molecule has 0 aliphatic carbocycles. The molecular weight excluding hydrogens is 407 g/mol. The summed E-state index contributed by atoms with van der Waals surface area (Å²) in [6, 6.07) is 16.2. The van der Waals surface area contributed by atoms with Gasteiger partial charge in [-0.15, -0.1) is 0 Å². The molecule has 0 aliphatic rings. The van der Waals surface area contributed by atoms with Gasteiger partial charge in [0.05, 0.1) is 11.8 Å². The van der Waals surface area contributed by atoms with Gasteiger partial charge in [0.15, 0.2) is 29.9 Å². The van der Waals surface area contributed by atoms with Crippen LogP contribution in [0.5, 0.6) is 5.75 Å². The third kappa shape index (κ3) is 4.45. The van der Waals surface area contributed by atoms with Crippen molar-refractivity contribution in [3.63, 3.8) is 0 Å². The number of halogens is 5. The maximum atomic E-state index is 13.6. The molecule has 0 bridgehead atoms. The van der Waals surface area contributed by atoms with E-state index in [-0.39, 0.29) is 0 Å². The minimum absolute atomic E-state index is 0.325. The molecule has 3 aromatic carbocycles. The van der Waals surface area contributed by atoms with Crippen LogP contribution in [-0.2, 0) is 4.79 Å². The molecule has 0 saturated carbocycles. The molecule has 9 heteroatoms. The first-order chi connectivity index (χ1) is 14.4. The van der Waals surface area contributed by atoms with Crippen molar-refractivity contribution in [1.82, 2.24) is 5.43 Å². The zero-order valence-electron chi connectivity index (χ0n) is 15.1. The summed E-state index contributed by atoms with van der Waals surface area (Å²) in [5.41, 5.74) is 2.22. The molecule has 0 saturated heterocycles. The van der Waals surface area contributed by atoms with E-state index in [1.54, 1.807) is 24.3 Å². The van der Waals surface area contributed by atoms with E-state index >= 15 is 0 Å². The summed E-state index contributed by atoms with van der Waals surface area (Å²) >= 11 is 0. The van der Waals surface area contributed by atoms with Gasteiger partial charge in [0, 0.05) is 5.56 Å². The number of benzene rings is 3. The van der Waals surface area contributed by atoms with Crippen molar-refractivity contribution in [2.75, 3.05) is 6.61 Å². The Balaban J connectivity index is 1.66. The molecule has 0 heterocycles. The summed E-state index contributed by atoms with van der Waals surface area (Å²) in [6.45, 7) is -0.502. The topological polar surface area (TPSA) is 50.7 Å². The molecule has 0 radical (unpaired) electrons. The van der Waals surface area contributed by atoms with Crippen molar-refractivity contribution in [3.8, 4) is 16.9 Å². The lowest BCUT2D eigenvalue weighted by Gasteiger charge is -2.11. The minimum atomic E-state index is -2.28. The quantitative estimate of drug-likeness (QED) is 0.209. The summed E-state index contributed by atoms with van der Waals surface area (Å²) < 4.78 is 71.9. The normalized spacial score (nSPS) is 11.0. The first kappa shape index (κ1) is 21.0. The average molecular weight is 420 g/mol. The van der Waals surface area contributed by atoms with E-state index in [1.807, 2.05) is 35.8 Å². The second-order valence-corrected chi connectivity index (χ2v) is 5.93. The number of amides is 1.